The predicted molar refractivity (Wildman–Crippen MR) is 90.0 cm³/mol. The molecule has 3 rings (SSSR count). The van der Waals surface area contributed by atoms with Crippen LogP contribution in [-0.2, 0) is 0 Å². The monoisotopic (exact) mass is 337 g/mol. The van der Waals surface area contributed by atoms with Gasteiger partial charge in [0, 0.05) is 13.2 Å². The topological polar surface area (TPSA) is 58.6 Å². The van der Waals surface area contributed by atoms with Crippen LogP contribution in [0.25, 0.3) is 0 Å². The van der Waals surface area contributed by atoms with Crippen LogP contribution in [-0.4, -0.2) is 30.3 Å². The van der Waals surface area contributed by atoms with E-state index >= 15 is 0 Å². The van der Waals surface area contributed by atoms with Gasteiger partial charge in [-0.15, -0.1) is 0 Å². The highest BCUT2D eigenvalue weighted by atomic mass is 35.5. The Kier molecular flexibility index (Phi) is 5.12. The lowest BCUT2D eigenvalue weighted by atomic mass is 9.67. The summed E-state index contributed by atoms with van der Waals surface area (Å²) in [5.41, 5.74) is 0.551. The Bertz CT molecular complexity index is 567. The van der Waals surface area contributed by atoms with Gasteiger partial charge in [0.05, 0.1) is 16.7 Å². The van der Waals surface area contributed by atoms with Gasteiger partial charge >= 0.3 is 0 Å². The van der Waals surface area contributed by atoms with Gasteiger partial charge < -0.3 is 15.2 Å². The van der Waals surface area contributed by atoms with Crippen molar-refractivity contribution in [1.29, 1.82) is 0 Å². The van der Waals surface area contributed by atoms with Crippen molar-refractivity contribution in [3.8, 4) is 5.75 Å². The summed E-state index contributed by atoms with van der Waals surface area (Å²) in [5, 5.41) is 12.6. The van der Waals surface area contributed by atoms with Crippen molar-refractivity contribution in [2.24, 2.45) is 5.41 Å². The van der Waals surface area contributed by atoms with Crippen LogP contribution in [0.5, 0.6) is 5.75 Å². The van der Waals surface area contributed by atoms with E-state index in [1.54, 1.807) is 12.1 Å². The zero-order chi connectivity index (χ0) is 16.3. The molecular weight excluding hydrogens is 314 g/mol. The SMILES string of the molecule is O=C(NCC1(CCO)CCC1)c1ccc(OC2CCC2)cc1Cl. The number of ether oxygens (including phenoxy) is 1. The zero-order valence-electron chi connectivity index (χ0n) is 13.3. The van der Waals surface area contributed by atoms with E-state index in [1.807, 2.05) is 6.07 Å². The lowest BCUT2D eigenvalue weighted by Gasteiger charge is -2.41. The molecule has 0 radical (unpaired) electrons. The van der Waals surface area contributed by atoms with E-state index < -0.39 is 0 Å². The molecule has 0 aromatic heterocycles. The number of benzene rings is 1. The summed E-state index contributed by atoms with van der Waals surface area (Å²) in [5.74, 6) is 0.571. The van der Waals surface area contributed by atoms with Gasteiger partial charge in [-0.05, 0) is 62.1 Å². The molecule has 2 fully saturated rings. The summed E-state index contributed by atoms with van der Waals surface area (Å²) in [6.07, 6.45) is 7.74. The summed E-state index contributed by atoms with van der Waals surface area (Å²) in [6, 6.07) is 5.26. The number of hydrogen-bond acceptors (Lipinski definition) is 3. The largest absolute Gasteiger partial charge is 0.490 e. The van der Waals surface area contributed by atoms with Gasteiger partial charge in [0.2, 0.25) is 0 Å². The first-order valence-electron chi connectivity index (χ1n) is 8.47. The number of rotatable bonds is 7. The molecule has 1 aromatic rings. The Morgan fingerprint density at radius 2 is 2.13 bits per heavy atom. The highest BCUT2D eigenvalue weighted by molar-refractivity contribution is 6.34. The fourth-order valence-corrected chi connectivity index (χ4v) is 3.48. The maximum atomic E-state index is 12.4. The molecule has 0 unspecified atom stereocenters. The number of carbonyl (C=O) groups excluding carboxylic acids is 1. The average Bonchev–Trinajstić information content (AvgIpc) is 2.45. The molecule has 1 amide bonds. The molecule has 1 aromatic carbocycles. The van der Waals surface area contributed by atoms with Gasteiger partial charge in [0.1, 0.15) is 5.75 Å². The van der Waals surface area contributed by atoms with Crippen molar-refractivity contribution in [3.05, 3.63) is 28.8 Å². The highest BCUT2D eigenvalue weighted by Gasteiger charge is 2.36. The molecule has 0 aliphatic heterocycles. The van der Waals surface area contributed by atoms with Crippen molar-refractivity contribution in [1.82, 2.24) is 5.32 Å². The second-order valence-electron chi connectivity index (χ2n) is 6.82. The molecule has 0 atom stereocenters. The van der Waals surface area contributed by atoms with E-state index in [4.69, 9.17) is 16.3 Å². The summed E-state index contributed by atoms with van der Waals surface area (Å²) >= 11 is 6.25. The first kappa shape index (κ1) is 16.6. The fourth-order valence-electron chi connectivity index (χ4n) is 3.23. The van der Waals surface area contributed by atoms with Gasteiger partial charge in [-0.2, -0.15) is 0 Å². The summed E-state index contributed by atoms with van der Waals surface area (Å²) in [4.78, 5) is 12.4. The van der Waals surface area contributed by atoms with E-state index in [0.717, 1.165) is 37.9 Å². The van der Waals surface area contributed by atoms with Crippen LogP contribution in [0.4, 0.5) is 0 Å². The van der Waals surface area contributed by atoms with E-state index in [9.17, 15) is 9.90 Å². The second-order valence-corrected chi connectivity index (χ2v) is 7.23. The second kappa shape index (κ2) is 7.10. The summed E-state index contributed by atoms with van der Waals surface area (Å²) in [7, 11) is 0. The number of hydrogen-bond donors (Lipinski definition) is 2. The van der Waals surface area contributed by atoms with Crippen molar-refractivity contribution in [2.45, 2.75) is 51.0 Å². The number of amides is 1. The third kappa shape index (κ3) is 3.81. The maximum Gasteiger partial charge on any atom is 0.252 e. The highest BCUT2D eigenvalue weighted by Crippen LogP contribution is 2.43. The van der Waals surface area contributed by atoms with Gasteiger partial charge in [-0.1, -0.05) is 18.0 Å². The third-order valence-electron chi connectivity index (χ3n) is 5.22. The van der Waals surface area contributed by atoms with Crippen LogP contribution in [0.1, 0.15) is 55.3 Å². The molecule has 0 heterocycles. The minimum absolute atomic E-state index is 0.0736. The number of carbonyl (C=O) groups is 1. The lowest BCUT2D eigenvalue weighted by molar-refractivity contribution is 0.0732. The molecule has 0 saturated heterocycles. The number of aliphatic hydroxyl groups is 1. The molecular formula is C18H24ClNO3. The lowest BCUT2D eigenvalue weighted by Crippen LogP contribution is -2.42. The Labute approximate surface area is 142 Å². The molecule has 0 spiro atoms. The van der Waals surface area contributed by atoms with Crippen molar-refractivity contribution in [3.63, 3.8) is 0 Å². The molecule has 0 bridgehead atoms. The maximum absolute atomic E-state index is 12.4. The van der Waals surface area contributed by atoms with Gasteiger partial charge in [0.25, 0.3) is 5.91 Å². The first-order valence-corrected chi connectivity index (χ1v) is 8.85. The summed E-state index contributed by atoms with van der Waals surface area (Å²) in [6.45, 7) is 0.771. The molecule has 4 nitrogen and oxygen atoms in total. The van der Waals surface area contributed by atoms with Crippen LogP contribution in [0.15, 0.2) is 18.2 Å². The van der Waals surface area contributed by atoms with Crippen molar-refractivity contribution >= 4 is 17.5 Å². The standard InChI is InChI=1S/C18H24ClNO3/c19-16-11-14(23-13-3-1-4-13)5-6-15(16)17(22)20-12-18(9-10-21)7-2-8-18/h5-6,11,13,21H,1-4,7-10,12H2,(H,20,22). The Hall–Kier alpha value is -1.26. The number of aliphatic hydroxyl groups excluding tert-OH is 1. The van der Waals surface area contributed by atoms with E-state index in [1.165, 1.54) is 12.8 Å². The van der Waals surface area contributed by atoms with E-state index in [2.05, 4.69) is 5.32 Å². The van der Waals surface area contributed by atoms with E-state index in [0.29, 0.717) is 23.2 Å². The van der Waals surface area contributed by atoms with Crippen molar-refractivity contribution in [2.75, 3.05) is 13.2 Å². The Balaban J connectivity index is 1.58. The Morgan fingerprint density at radius 3 is 2.65 bits per heavy atom. The van der Waals surface area contributed by atoms with Crippen LogP contribution in [0, 0.1) is 5.41 Å². The minimum Gasteiger partial charge on any atom is -0.490 e. The average molecular weight is 338 g/mol. The zero-order valence-corrected chi connectivity index (χ0v) is 14.1. The molecule has 23 heavy (non-hydrogen) atoms. The molecule has 2 saturated carbocycles. The molecule has 2 N–H and O–H groups in total. The summed E-state index contributed by atoms with van der Waals surface area (Å²) < 4.78 is 5.79. The minimum atomic E-state index is -0.158. The smallest absolute Gasteiger partial charge is 0.252 e. The van der Waals surface area contributed by atoms with Crippen LogP contribution in [0.3, 0.4) is 0 Å². The quantitative estimate of drug-likeness (QED) is 0.800. The molecule has 2 aliphatic carbocycles. The third-order valence-corrected chi connectivity index (χ3v) is 5.53. The van der Waals surface area contributed by atoms with Gasteiger partial charge in [-0.3, -0.25) is 4.79 Å². The predicted octanol–water partition coefficient (Wildman–Crippen LogP) is 3.55. The molecule has 126 valence electrons. The first-order chi connectivity index (χ1) is 11.1. The number of halogens is 1. The van der Waals surface area contributed by atoms with Crippen LogP contribution < -0.4 is 10.1 Å². The molecule has 5 heteroatoms. The normalized spacial score (nSPS) is 19.6. The van der Waals surface area contributed by atoms with Gasteiger partial charge in [-0.25, -0.2) is 0 Å². The van der Waals surface area contributed by atoms with Crippen molar-refractivity contribution < 1.29 is 14.6 Å². The van der Waals surface area contributed by atoms with Gasteiger partial charge in [0.15, 0.2) is 0 Å². The fraction of sp³-hybridized carbons (Fsp3) is 0.611. The number of nitrogens with one attached hydrogen (secondary N) is 1. The van der Waals surface area contributed by atoms with Crippen LogP contribution in [0.2, 0.25) is 5.02 Å². The van der Waals surface area contributed by atoms with E-state index in [-0.39, 0.29) is 17.9 Å². The van der Waals surface area contributed by atoms with Crippen LogP contribution >= 0.6 is 11.6 Å². The molecule has 2 aliphatic rings. The Morgan fingerprint density at radius 1 is 1.35 bits per heavy atom.